The molecule has 0 radical (unpaired) electrons. The van der Waals surface area contributed by atoms with Gasteiger partial charge in [-0.15, -0.1) is 0 Å². The van der Waals surface area contributed by atoms with Crippen LogP contribution >= 0.6 is 0 Å². The number of aromatic hydroxyl groups is 1. The smallest absolute Gasteiger partial charge is 0.303 e. The van der Waals surface area contributed by atoms with E-state index in [-0.39, 0.29) is 18.3 Å². The van der Waals surface area contributed by atoms with Gasteiger partial charge in [-0.3, -0.25) is 4.79 Å². The standard InChI is InChI=1S/C11H12O4/c12-8-2-1-7-5-9(3-4-11(13)14)15-10(7)6-8/h1-2,6,9,12H,3-5H2,(H,13,14). The van der Waals surface area contributed by atoms with Crippen molar-refractivity contribution in [1.82, 2.24) is 0 Å². The minimum atomic E-state index is -0.808. The average molecular weight is 208 g/mol. The summed E-state index contributed by atoms with van der Waals surface area (Å²) in [7, 11) is 0. The largest absolute Gasteiger partial charge is 0.508 e. The van der Waals surface area contributed by atoms with Gasteiger partial charge in [-0.1, -0.05) is 6.07 Å². The van der Waals surface area contributed by atoms with Crippen LogP contribution in [-0.4, -0.2) is 22.3 Å². The first-order valence-electron chi connectivity index (χ1n) is 4.85. The van der Waals surface area contributed by atoms with Crippen molar-refractivity contribution < 1.29 is 19.7 Å². The van der Waals surface area contributed by atoms with E-state index in [9.17, 15) is 9.90 Å². The highest BCUT2D eigenvalue weighted by Crippen LogP contribution is 2.33. The Balaban J connectivity index is 2.00. The van der Waals surface area contributed by atoms with Crippen LogP contribution in [-0.2, 0) is 11.2 Å². The first kappa shape index (κ1) is 9.83. The molecule has 1 aliphatic heterocycles. The van der Waals surface area contributed by atoms with E-state index in [1.165, 1.54) is 0 Å². The van der Waals surface area contributed by atoms with E-state index in [2.05, 4.69) is 0 Å². The molecule has 1 aliphatic rings. The first-order valence-corrected chi connectivity index (χ1v) is 4.85. The second kappa shape index (κ2) is 3.81. The molecule has 0 bridgehead atoms. The summed E-state index contributed by atoms with van der Waals surface area (Å²) < 4.78 is 5.51. The lowest BCUT2D eigenvalue weighted by atomic mass is 10.1. The number of aliphatic carboxylic acids is 1. The maximum absolute atomic E-state index is 10.4. The highest BCUT2D eigenvalue weighted by molar-refractivity contribution is 5.66. The first-order chi connectivity index (χ1) is 7.15. The number of phenols is 1. The van der Waals surface area contributed by atoms with Crippen LogP contribution in [0.4, 0.5) is 0 Å². The molecule has 0 saturated carbocycles. The fraction of sp³-hybridized carbons (Fsp3) is 0.364. The van der Waals surface area contributed by atoms with Gasteiger partial charge in [0.05, 0.1) is 0 Å². The van der Waals surface area contributed by atoms with Crippen LogP contribution in [0.25, 0.3) is 0 Å². The summed E-state index contributed by atoms with van der Waals surface area (Å²) in [5.41, 5.74) is 1.03. The van der Waals surface area contributed by atoms with Crippen molar-refractivity contribution in [2.75, 3.05) is 0 Å². The normalized spacial score (nSPS) is 18.3. The van der Waals surface area contributed by atoms with E-state index >= 15 is 0 Å². The maximum Gasteiger partial charge on any atom is 0.303 e. The number of carboxylic acids is 1. The third-order valence-corrected chi connectivity index (χ3v) is 2.47. The number of rotatable bonds is 3. The van der Waals surface area contributed by atoms with Crippen LogP contribution in [0, 0.1) is 0 Å². The highest BCUT2D eigenvalue weighted by atomic mass is 16.5. The molecule has 1 aromatic rings. The average Bonchev–Trinajstić information content (AvgIpc) is 2.56. The zero-order valence-corrected chi connectivity index (χ0v) is 8.14. The molecule has 0 aromatic heterocycles. The summed E-state index contributed by atoms with van der Waals surface area (Å²) in [6.45, 7) is 0. The Morgan fingerprint density at radius 1 is 1.53 bits per heavy atom. The van der Waals surface area contributed by atoms with Crippen molar-refractivity contribution >= 4 is 5.97 Å². The van der Waals surface area contributed by atoms with E-state index in [1.807, 2.05) is 6.07 Å². The van der Waals surface area contributed by atoms with Gasteiger partial charge >= 0.3 is 5.97 Å². The monoisotopic (exact) mass is 208 g/mol. The molecule has 0 aliphatic carbocycles. The van der Waals surface area contributed by atoms with Crippen molar-refractivity contribution in [2.45, 2.75) is 25.4 Å². The van der Waals surface area contributed by atoms with Crippen molar-refractivity contribution in [3.8, 4) is 11.5 Å². The molecular formula is C11H12O4. The van der Waals surface area contributed by atoms with E-state index < -0.39 is 5.97 Å². The molecule has 4 nitrogen and oxygen atoms in total. The van der Waals surface area contributed by atoms with Crippen LogP contribution in [0.1, 0.15) is 18.4 Å². The Hall–Kier alpha value is -1.71. The van der Waals surface area contributed by atoms with Gasteiger partial charge in [0, 0.05) is 18.9 Å². The fourth-order valence-electron chi connectivity index (χ4n) is 1.73. The Labute approximate surface area is 87.1 Å². The van der Waals surface area contributed by atoms with Gasteiger partial charge in [0.15, 0.2) is 0 Å². The van der Waals surface area contributed by atoms with E-state index in [4.69, 9.17) is 9.84 Å². The molecule has 1 unspecified atom stereocenters. The number of ether oxygens (including phenoxy) is 1. The number of carbonyl (C=O) groups is 1. The quantitative estimate of drug-likeness (QED) is 0.791. The third-order valence-electron chi connectivity index (χ3n) is 2.47. The predicted octanol–water partition coefficient (Wildman–Crippen LogP) is 1.56. The number of benzene rings is 1. The Morgan fingerprint density at radius 3 is 3.07 bits per heavy atom. The Bertz CT molecular complexity index is 386. The Morgan fingerprint density at radius 2 is 2.33 bits per heavy atom. The Kier molecular flexibility index (Phi) is 2.49. The fourth-order valence-corrected chi connectivity index (χ4v) is 1.73. The second-order valence-corrected chi connectivity index (χ2v) is 3.67. The van der Waals surface area contributed by atoms with Gasteiger partial charge in [0.2, 0.25) is 0 Å². The molecule has 0 saturated heterocycles. The minimum Gasteiger partial charge on any atom is -0.508 e. The van der Waals surface area contributed by atoms with Crippen LogP contribution in [0.3, 0.4) is 0 Å². The van der Waals surface area contributed by atoms with Crippen molar-refractivity contribution in [1.29, 1.82) is 0 Å². The summed E-state index contributed by atoms with van der Waals surface area (Å²) in [6, 6.07) is 4.99. The van der Waals surface area contributed by atoms with Crippen molar-refractivity contribution in [3.63, 3.8) is 0 Å². The molecule has 4 heteroatoms. The van der Waals surface area contributed by atoms with Gasteiger partial charge in [-0.05, 0) is 18.1 Å². The number of carboxylic acid groups (broad SMARTS) is 1. The van der Waals surface area contributed by atoms with Crippen LogP contribution in [0.5, 0.6) is 11.5 Å². The molecule has 1 aromatic carbocycles. The summed E-state index contributed by atoms with van der Waals surface area (Å²) in [5, 5.41) is 17.8. The second-order valence-electron chi connectivity index (χ2n) is 3.67. The topological polar surface area (TPSA) is 66.8 Å². The highest BCUT2D eigenvalue weighted by Gasteiger charge is 2.23. The maximum atomic E-state index is 10.4. The lowest BCUT2D eigenvalue weighted by Crippen LogP contribution is -2.14. The van der Waals surface area contributed by atoms with E-state index in [0.717, 1.165) is 12.0 Å². The molecule has 2 N–H and O–H groups in total. The number of fused-ring (bicyclic) bond motifs is 1. The zero-order valence-electron chi connectivity index (χ0n) is 8.14. The van der Waals surface area contributed by atoms with Crippen LogP contribution in [0.2, 0.25) is 0 Å². The summed E-state index contributed by atoms with van der Waals surface area (Å²) in [6.07, 6.45) is 1.27. The van der Waals surface area contributed by atoms with Crippen molar-refractivity contribution in [2.24, 2.45) is 0 Å². The molecule has 0 amide bonds. The SMILES string of the molecule is O=C(O)CCC1Cc2ccc(O)cc2O1. The number of hydrogen-bond donors (Lipinski definition) is 2. The van der Waals surface area contributed by atoms with Gasteiger partial charge < -0.3 is 14.9 Å². The zero-order chi connectivity index (χ0) is 10.8. The lowest BCUT2D eigenvalue weighted by Gasteiger charge is -2.08. The lowest BCUT2D eigenvalue weighted by molar-refractivity contribution is -0.137. The predicted molar refractivity (Wildman–Crippen MR) is 53.1 cm³/mol. The molecule has 80 valence electrons. The molecular weight excluding hydrogens is 196 g/mol. The summed E-state index contributed by atoms with van der Waals surface area (Å²) in [4.78, 5) is 10.4. The number of phenolic OH excluding ortho intramolecular Hbond substituents is 1. The minimum absolute atomic E-state index is 0.0714. The molecule has 1 atom stereocenters. The molecule has 15 heavy (non-hydrogen) atoms. The molecule has 0 spiro atoms. The number of hydrogen-bond acceptors (Lipinski definition) is 3. The van der Waals surface area contributed by atoms with Crippen molar-refractivity contribution in [3.05, 3.63) is 23.8 Å². The van der Waals surface area contributed by atoms with Gasteiger partial charge in [-0.2, -0.15) is 0 Å². The van der Waals surface area contributed by atoms with Gasteiger partial charge in [-0.25, -0.2) is 0 Å². The van der Waals surface area contributed by atoms with E-state index in [1.54, 1.807) is 12.1 Å². The third kappa shape index (κ3) is 2.21. The van der Waals surface area contributed by atoms with Crippen LogP contribution in [0.15, 0.2) is 18.2 Å². The van der Waals surface area contributed by atoms with Crippen LogP contribution < -0.4 is 4.74 Å². The summed E-state index contributed by atoms with van der Waals surface area (Å²) >= 11 is 0. The summed E-state index contributed by atoms with van der Waals surface area (Å²) in [5.74, 6) is 0.0374. The van der Waals surface area contributed by atoms with Gasteiger partial charge in [0.25, 0.3) is 0 Å². The molecule has 0 fully saturated rings. The molecule has 1 heterocycles. The van der Waals surface area contributed by atoms with Gasteiger partial charge in [0.1, 0.15) is 17.6 Å². The molecule has 2 rings (SSSR count). The van der Waals surface area contributed by atoms with E-state index in [0.29, 0.717) is 12.2 Å².